The van der Waals surface area contributed by atoms with Crippen LogP contribution in [0.3, 0.4) is 0 Å². The average molecular weight is 528 g/mol. The number of hydrogen-bond donors (Lipinski definition) is 2. The first-order valence-corrected chi connectivity index (χ1v) is 13.6. The topological polar surface area (TPSA) is 104 Å². The molecule has 8 heteroatoms. The van der Waals surface area contributed by atoms with Gasteiger partial charge in [-0.3, -0.25) is 14.5 Å². The fourth-order valence-electron chi connectivity index (χ4n) is 4.86. The maximum atomic E-state index is 12.7. The van der Waals surface area contributed by atoms with Gasteiger partial charge in [-0.2, -0.15) is 5.10 Å². The molecular formula is C31H37N5O3. The highest BCUT2D eigenvalue weighted by atomic mass is 16.5. The Kier molecular flexibility index (Phi) is 7.57. The zero-order valence-corrected chi connectivity index (χ0v) is 23.1. The van der Waals surface area contributed by atoms with Crippen molar-refractivity contribution >= 4 is 22.5 Å². The first kappa shape index (κ1) is 26.7. The Morgan fingerprint density at radius 2 is 1.87 bits per heavy atom. The van der Waals surface area contributed by atoms with E-state index in [2.05, 4.69) is 36.2 Å². The number of fused-ring (bicyclic) bond motifs is 1. The number of carbonyl (C=O) groups excluding carboxylic acids is 1. The van der Waals surface area contributed by atoms with Crippen LogP contribution in [0.5, 0.6) is 17.2 Å². The summed E-state index contributed by atoms with van der Waals surface area (Å²) in [4.78, 5) is 17.2. The molecule has 3 N–H and O–H groups in total. The first-order valence-electron chi connectivity index (χ1n) is 13.6. The number of ether oxygens (including phenoxy) is 2. The van der Waals surface area contributed by atoms with Crippen LogP contribution >= 0.6 is 0 Å². The molecule has 0 spiro atoms. The summed E-state index contributed by atoms with van der Waals surface area (Å²) in [5, 5.41) is 8.17. The molecule has 2 heterocycles. The summed E-state index contributed by atoms with van der Waals surface area (Å²) in [5.41, 5.74) is 9.27. The van der Waals surface area contributed by atoms with Crippen LogP contribution in [0.2, 0.25) is 0 Å². The maximum Gasteiger partial charge on any atom is 0.228 e. The van der Waals surface area contributed by atoms with Crippen LogP contribution in [0.25, 0.3) is 10.9 Å². The number of amides is 1. The summed E-state index contributed by atoms with van der Waals surface area (Å²) >= 11 is 0. The van der Waals surface area contributed by atoms with E-state index in [-0.39, 0.29) is 30.0 Å². The molecule has 8 nitrogen and oxygen atoms in total. The fourth-order valence-corrected chi connectivity index (χ4v) is 4.86. The van der Waals surface area contributed by atoms with Gasteiger partial charge in [0, 0.05) is 23.8 Å². The lowest BCUT2D eigenvalue weighted by Crippen LogP contribution is -2.31. The number of anilines is 1. The first-order chi connectivity index (χ1) is 18.6. The number of carbonyl (C=O) groups is 1. The molecule has 1 saturated carbocycles. The van der Waals surface area contributed by atoms with Crippen LogP contribution in [-0.2, 0) is 16.8 Å². The van der Waals surface area contributed by atoms with Gasteiger partial charge in [-0.15, -0.1) is 0 Å². The number of rotatable bonds is 7. The van der Waals surface area contributed by atoms with Crippen LogP contribution < -0.4 is 20.5 Å². The normalized spacial score (nSPS) is 17.7. The van der Waals surface area contributed by atoms with Crippen LogP contribution in [0.1, 0.15) is 57.6 Å². The molecule has 204 valence electrons. The lowest BCUT2D eigenvalue weighted by molar-refractivity contribution is -0.115. The Hall–Kier alpha value is -3.91. The standard InChI is InChI=1S/C31H37N5O3/c1-20-15-21(16-30(37)35-23-18-34-36(19-23)31(2,3)4)5-12-28(20)39-29-13-14-33-27-11-10-25(17-26(27)29)38-24-8-6-22(32)7-9-24/h5,10-15,17-19,22,24H,6-9,16,32H2,1-4H3,(H,35,37). The van der Waals surface area contributed by atoms with Gasteiger partial charge in [-0.05, 0) is 94.8 Å². The van der Waals surface area contributed by atoms with Gasteiger partial charge in [0.1, 0.15) is 17.2 Å². The molecule has 0 aliphatic heterocycles. The van der Waals surface area contributed by atoms with Gasteiger partial charge in [-0.1, -0.05) is 12.1 Å². The average Bonchev–Trinajstić information content (AvgIpc) is 3.36. The highest BCUT2D eigenvalue weighted by molar-refractivity contribution is 5.92. The number of nitrogens with two attached hydrogens (primary N) is 1. The van der Waals surface area contributed by atoms with Gasteiger partial charge >= 0.3 is 0 Å². The molecule has 0 radical (unpaired) electrons. The lowest BCUT2D eigenvalue weighted by atomic mass is 9.94. The van der Waals surface area contributed by atoms with E-state index in [0.717, 1.165) is 59.2 Å². The Bertz CT molecular complexity index is 1460. The Morgan fingerprint density at radius 3 is 2.59 bits per heavy atom. The summed E-state index contributed by atoms with van der Waals surface area (Å²) in [6.45, 7) is 8.17. The van der Waals surface area contributed by atoms with Crippen molar-refractivity contribution in [1.82, 2.24) is 14.8 Å². The third-order valence-electron chi connectivity index (χ3n) is 7.07. The molecular weight excluding hydrogens is 490 g/mol. The van der Waals surface area contributed by atoms with E-state index in [9.17, 15) is 4.79 Å². The Balaban J connectivity index is 1.26. The van der Waals surface area contributed by atoms with E-state index in [0.29, 0.717) is 11.4 Å². The van der Waals surface area contributed by atoms with E-state index in [1.807, 2.05) is 60.3 Å². The van der Waals surface area contributed by atoms with Gasteiger partial charge in [-0.25, -0.2) is 0 Å². The maximum absolute atomic E-state index is 12.7. The van der Waals surface area contributed by atoms with Crippen molar-refractivity contribution < 1.29 is 14.3 Å². The molecule has 1 fully saturated rings. The molecule has 0 bridgehead atoms. The third kappa shape index (κ3) is 6.57. The molecule has 2 aromatic carbocycles. The van der Waals surface area contributed by atoms with Crippen molar-refractivity contribution in [3.05, 3.63) is 72.2 Å². The van der Waals surface area contributed by atoms with Crippen molar-refractivity contribution in [2.24, 2.45) is 5.73 Å². The zero-order valence-electron chi connectivity index (χ0n) is 23.1. The van der Waals surface area contributed by atoms with Crippen molar-refractivity contribution in [3.8, 4) is 17.2 Å². The monoisotopic (exact) mass is 527 g/mol. The summed E-state index contributed by atoms with van der Waals surface area (Å²) in [7, 11) is 0. The number of benzene rings is 2. The molecule has 0 unspecified atom stereocenters. The number of pyridine rings is 1. The van der Waals surface area contributed by atoms with E-state index in [1.165, 1.54) is 0 Å². The van der Waals surface area contributed by atoms with E-state index < -0.39 is 0 Å². The number of nitrogens with zero attached hydrogens (tertiary/aromatic N) is 3. The van der Waals surface area contributed by atoms with Crippen LogP contribution in [0.4, 0.5) is 5.69 Å². The molecule has 0 saturated heterocycles. The second-order valence-electron chi connectivity index (χ2n) is 11.4. The number of aryl methyl sites for hydroxylation is 1. The predicted octanol–water partition coefficient (Wildman–Crippen LogP) is 6.12. The molecule has 1 amide bonds. The summed E-state index contributed by atoms with van der Waals surface area (Å²) < 4.78 is 14.5. The molecule has 1 aliphatic carbocycles. The predicted molar refractivity (Wildman–Crippen MR) is 153 cm³/mol. The van der Waals surface area contributed by atoms with Gasteiger partial charge < -0.3 is 20.5 Å². The summed E-state index contributed by atoms with van der Waals surface area (Å²) in [5.74, 6) is 2.15. The van der Waals surface area contributed by atoms with Gasteiger partial charge in [0.15, 0.2) is 0 Å². The minimum absolute atomic E-state index is 0.0934. The van der Waals surface area contributed by atoms with E-state index in [1.54, 1.807) is 12.4 Å². The lowest BCUT2D eigenvalue weighted by Gasteiger charge is -2.26. The van der Waals surface area contributed by atoms with Gasteiger partial charge in [0.25, 0.3) is 0 Å². The van der Waals surface area contributed by atoms with E-state index in [4.69, 9.17) is 15.2 Å². The number of aromatic nitrogens is 3. The smallest absolute Gasteiger partial charge is 0.228 e. The van der Waals surface area contributed by atoms with Crippen molar-refractivity contribution in [3.63, 3.8) is 0 Å². The van der Waals surface area contributed by atoms with Crippen molar-refractivity contribution in [1.29, 1.82) is 0 Å². The van der Waals surface area contributed by atoms with Crippen molar-refractivity contribution in [2.75, 3.05) is 5.32 Å². The van der Waals surface area contributed by atoms with Crippen molar-refractivity contribution in [2.45, 2.75) is 77.5 Å². The van der Waals surface area contributed by atoms with Crippen LogP contribution in [0, 0.1) is 6.92 Å². The minimum atomic E-state index is -0.144. The fraction of sp³-hybridized carbons (Fsp3) is 0.387. The molecule has 2 aromatic heterocycles. The van der Waals surface area contributed by atoms with Crippen LogP contribution in [0.15, 0.2) is 61.1 Å². The number of nitrogens with one attached hydrogen (secondary N) is 1. The SMILES string of the molecule is Cc1cc(CC(=O)Nc2cnn(C(C)(C)C)c2)ccc1Oc1ccnc2ccc(OC3CCC(N)CC3)cc12. The summed E-state index contributed by atoms with van der Waals surface area (Å²) in [6.07, 6.45) is 9.64. The quantitative estimate of drug-likeness (QED) is 0.300. The second kappa shape index (κ2) is 11.1. The molecule has 0 atom stereocenters. The largest absolute Gasteiger partial charge is 0.490 e. The molecule has 1 aliphatic rings. The molecule has 4 aromatic rings. The minimum Gasteiger partial charge on any atom is -0.490 e. The molecule has 5 rings (SSSR count). The Labute approximate surface area is 229 Å². The van der Waals surface area contributed by atoms with E-state index >= 15 is 0 Å². The van der Waals surface area contributed by atoms with Gasteiger partial charge in [0.2, 0.25) is 5.91 Å². The molecule has 39 heavy (non-hydrogen) atoms. The Morgan fingerprint density at radius 1 is 1.08 bits per heavy atom. The van der Waals surface area contributed by atoms with Gasteiger partial charge in [0.05, 0.1) is 35.5 Å². The zero-order chi connectivity index (χ0) is 27.6. The summed E-state index contributed by atoms with van der Waals surface area (Å²) in [6, 6.07) is 13.9. The highest BCUT2D eigenvalue weighted by Gasteiger charge is 2.20. The number of hydrogen-bond acceptors (Lipinski definition) is 6. The third-order valence-corrected chi connectivity index (χ3v) is 7.07. The highest BCUT2D eigenvalue weighted by Crippen LogP contribution is 2.34. The second-order valence-corrected chi connectivity index (χ2v) is 11.4. The van der Waals surface area contributed by atoms with Crippen LogP contribution in [-0.4, -0.2) is 32.8 Å².